The van der Waals surface area contributed by atoms with E-state index in [9.17, 15) is 0 Å². The molecule has 2 N–H and O–H groups in total. The first kappa shape index (κ1) is 14.8. The molecule has 0 aliphatic carbocycles. The van der Waals surface area contributed by atoms with Crippen LogP contribution >= 0.6 is 55.7 Å². The summed E-state index contributed by atoms with van der Waals surface area (Å²) in [4.78, 5) is 0. The zero-order chi connectivity index (χ0) is 13.8. The van der Waals surface area contributed by atoms with Gasteiger partial charge in [0, 0.05) is 20.3 Å². The van der Waals surface area contributed by atoms with E-state index in [-0.39, 0.29) is 0 Å². The predicted molar refractivity (Wildman–Crippen MR) is 93.1 cm³/mol. The zero-order valence-electron chi connectivity index (χ0n) is 9.58. The number of thiocarbonyl (C=S) groups is 1. The number of nitrogens with one attached hydrogen (secondary N) is 2. The lowest BCUT2D eigenvalue weighted by Crippen LogP contribution is -2.18. The standard InChI is InChI=1S/C13H9Br2ClN2S/c14-8-1-3-9(4-2-8)17-13(19)18-10-5-6-11(15)12(16)7-10/h1-7H,(H2,17,18,19). The average Bonchev–Trinajstić information content (AvgIpc) is 2.37. The first-order valence-electron chi connectivity index (χ1n) is 5.33. The molecule has 0 amide bonds. The largest absolute Gasteiger partial charge is 0.332 e. The van der Waals surface area contributed by atoms with E-state index in [0.717, 1.165) is 20.3 Å². The molecule has 0 aliphatic rings. The minimum Gasteiger partial charge on any atom is -0.332 e. The molecule has 0 radical (unpaired) electrons. The predicted octanol–water partition coefficient (Wildman–Crippen LogP) is 5.67. The van der Waals surface area contributed by atoms with Crippen molar-refractivity contribution in [2.75, 3.05) is 10.6 Å². The minimum absolute atomic E-state index is 0.515. The van der Waals surface area contributed by atoms with E-state index in [2.05, 4.69) is 42.5 Å². The Hall–Kier alpha value is -0.620. The maximum Gasteiger partial charge on any atom is 0.175 e. The van der Waals surface area contributed by atoms with E-state index in [1.54, 1.807) is 6.07 Å². The van der Waals surface area contributed by atoms with E-state index in [1.807, 2.05) is 36.4 Å². The molecule has 2 aromatic rings. The van der Waals surface area contributed by atoms with Crippen LogP contribution < -0.4 is 10.6 Å². The van der Waals surface area contributed by atoms with Crippen molar-refractivity contribution in [2.24, 2.45) is 0 Å². The van der Waals surface area contributed by atoms with Crippen molar-refractivity contribution in [1.29, 1.82) is 0 Å². The van der Waals surface area contributed by atoms with Crippen molar-refractivity contribution in [2.45, 2.75) is 0 Å². The van der Waals surface area contributed by atoms with Crippen molar-refractivity contribution in [3.05, 3.63) is 56.4 Å². The summed E-state index contributed by atoms with van der Waals surface area (Å²) >= 11 is 18.0. The van der Waals surface area contributed by atoms with Gasteiger partial charge in [-0.3, -0.25) is 0 Å². The van der Waals surface area contributed by atoms with E-state index in [1.165, 1.54) is 0 Å². The van der Waals surface area contributed by atoms with Crippen LogP contribution in [0.4, 0.5) is 11.4 Å². The summed E-state index contributed by atoms with van der Waals surface area (Å²) in [5.74, 6) is 0. The van der Waals surface area contributed by atoms with Gasteiger partial charge in [-0.2, -0.15) is 0 Å². The molecule has 19 heavy (non-hydrogen) atoms. The maximum atomic E-state index is 6.02. The summed E-state index contributed by atoms with van der Waals surface area (Å²) in [6, 6.07) is 13.3. The van der Waals surface area contributed by atoms with Crippen molar-refractivity contribution in [1.82, 2.24) is 0 Å². The second-order valence-electron chi connectivity index (χ2n) is 3.71. The fourth-order valence-electron chi connectivity index (χ4n) is 1.40. The Labute approximate surface area is 138 Å². The number of hydrogen-bond acceptors (Lipinski definition) is 1. The molecular weight excluding hydrogens is 411 g/mol. The molecule has 0 aliphatic heterocycles. The molecule has 0 bridgehead atoms. The summed E-state index contributed by atoms with van der Waals surface area (Å²) in [6.45, 7) is 0. The second-order valence-corrected chi connectivity index (χ2v) is 6.30. The Morgan fingerprint density at radius 2 is 1.53 bits per heavy atom. The van der Waals surface area contributed by atoms with E-state index in [4.69, 9.17) is 23.8 Å². The van der Waals surface area contributed by atoms with Crippen molar-refractivity contribution >= 4 is 72.2 Å². The minimum atomic E-state index is 0.515. The van der Waals surface area contributed by atoms with Gasteiger partial charge in [0.2, 0.25) is 0 Å². The molecule has 2 nitrogen and oxygen atoms in total. The third kappa shape index (κ3) is 4.45. The van der Waals surface area contributed by atoms with Crippen LogP contribution in [-0.4, -0.2) is 5.11 Å². The van der Waals surface area contributed by atoms with Gasteiger partial charge in [0.25, 0.3) is 0 Å². The monoisotopic (exact) mass is 418 g/mol. The molecule has 0 atom stereocenters. The maximum absolute atomic E-state index is 6.02. The molecule has 0 aromatic heterocycles. The van der Waals surface area contributed by atoms with Gasteiger partial charge in [0.1, 0.15) is 0 Å². The van der Waals surface area contributed by atoms with Crippen LogP contribution in [0.3, 0.4) is 0 Å². The molecule has 0 unspecified atom stereocenters. The normalized spacial score (nSPS) is 10.1. The third-order valence-electron chi connectivity index (χ3n) is 2.28. The zero-order valence-corrected chi connectivity index (χ0v) is 14.3. The number of halogens is 3. The lowest BCUT2D eigenvalue weighted by Gasteiger charge is -2.11. The number of rotatable bonds is 2. The van der Waals surface area contributed by atoms with Gasteiger partial charge < -0.3 is 10.6 Å². The molecule has 0 spiro atoms. The number of hydrogen-bond donors (Lipinski definition) is 2. The van der Waals surface area contributed by atoms with Crippen molar-refractivity contribution in [3.8, 4) is 0 Å². The molecule has 6 heteroatoms. The smallest absolute Gasteiger partial charge is 0.175 e. The van der Waals surface area contributed by atoms with Gasteiger partial charge in [0.15, 0.2) is 5.11 Å². The van der Waals surface area contributed by atoms with Gasteiger partial charge in [-0.15, -0.1) is 0 Å². The quantitative estimate of drug-likeness (QED) is 0.612. The van der Waals surface area contributed by atoms with E-state index in [0.29, 0.717) is 10.1 Å². The first-order valence-corrected chi connectivity index (χ1v) is 7.70. The lowest BCUT2D eigenvalue weighted by molar-refractivity contribution is 1.57. The lowest BCUT2D eigenvalue weighted by atomic mass is 10.3. The molecule has 0 heterocycles. The summed E-state index contributed by atoms with van der Waals surface area (Å²) in [5.41, 5.74) is 1.76. The highest BCUT2D eigenvalue weighted by Crippen LogP contribution is 2.25. The Balaban J connectivity index is 2.01. The summed E-state index contributed by atoms with van der Waals surface area (Å²) in [5, 5.41) is 7.32. The van der Waals surface area contributed by atoms with Gasteiger partial charge in [0.05, 0.1) is 5.02 Å². The van der Waals surface area contributed by atoms with Crippen LogP contribution in [0.15, 0.2) is 51.4 Å². The van der Waals surface area contributed by atoms with Crippen molar-refractivity contribution < 1.29 is 0 Å². The highest BCUT2D eigenvalue weighted by Gasteiger charge is 2.02. The summed E-state index contributed by atoms with van der Waals surface area (Å²) < 4.78 is 1.88. The third-order valence-corrected chi connectivity index (χ3v) is 4.24. The Kier molecular flexibility index (Phi) is 5.21. The molecule has 0 saturated heterocycles. The van der Waals surface area contributed by atoms with Gasteiger partial charge in [-0.05, 0) is 70.6 Å². The van der Waals surface area contributed by atoms with Crippen LogP contribution in [0.25, 0.3) is 0 Å². The van der Waals surface area contributed by atoms with Crippen LogP contribution in [-0.2, 0) is 0 Å². The SMILES string of the molecule is S=C(Nc1ccc(Br)cc1)Nc1ccc(Br)c(Cl)c1. The number of anilines is 2. The number of benzene rings is 2. The van der Waals surface area contributed by atoms with Crippen LogP contribution in [0.5, 0.6) is 0 Å². The van der Waals surface area contributed by atoms with E-state index < -0.39 is 0 Å². The van der Waals surface area contributed by atoms with Crippen molar-refractivity contribution in [3.63, 3.8) is 0 Å². The van der Waals surface area contributed by atoms with Gasteiger partial charge in [-0.1, -0.05) is 27.5 Å². The Morgan fingerprint density at radius 1 is 0.947 bits per heavy atom. The highest BCUT2D eigenvalue weighted by molar-refractivity contribution is 9.10. The summed E-state index contributed by atoms with van der Waals surface area (Å²) in [7, 11) is 0. The Bertz CT molecular complexity index is 602. The fourth-order valence-corrected chi connectivity index (χ4v) is 2.33. The van der Waals surface area contributed by atoms with Crippen LogP contribution in [0, 0.1) is 0 Å². The Morgan fingerprint density at radius 3 is 2.16 bits per heavy atom. The van der Waals surface area contributed by atoms with E-state index >= 15 is 0 Å². The van der Waals surface area contributed by atoms with Crippen LogP contribution in [0.2, 0.25) is 5.02 Å². The van der Waals surface area contributed by atoms with Gasteiger partial charge >= 0.3 is 0 Å². The topological polar surface area (TPSA) is 24.1 Å². The molecular formula is C13H9Br2ClN2S. The average molecular weight is 421 g/mol. The first-order chi connectivity index (χ1) is 9.04. The molecule has 2 aromatic carbocycles. The molecule has 2 rings (SSSR count). The second kappa shape index (κ2) is 6.70. The summed E-state index contributed by atoms with van der Waals surface area (Å²) in [6.07, 6.45) is 0. The van der Waals surface area contributed by atoms with Gasteiger partial charge in [-0.25, -0.2) is 0 Å². The molecule has 0 fully saturated rings. The fraction of sp³-hybridized carbons (Fsp3) is 0. The molecule has 98 valence electrons. The molecule has 0 saturated carbocycles. The van der Waals surface area contributed by atoms with Crippen LogP contribution in [0.1, 0.15) is 0 Å². The highest BCUT2D eigenvalue weighted by atomic mass is 79.9.